The first-order chi connectivity index (χ1) is 9.49. The van der Waals surface area contributed by atoms with Gasteiger partial charge in [-0.15, -0.1) is 0 Å². The number of aromatic nitrogens is 1. The number of carbonyl (C=O) groups excluding carboxylic acids is 1. The van der Waals surface area contributed by atoms with E-state index in [0.29, 0.717) is 28.1 Å². The highest BCUT2D eigenvalue weighted by Gasteiger charge is 2.16. The van der Waals surface area contributed by atoms with Gasteiger partial charge in [-0.1, -0.05) is 0 Å². The largest absolute Gasteiger partial charge is 0.496 e. The predicted molar refractivity (Wildman–Crippen MR) is 76.7 cm³/mol. The van der Waals surface area contributed by atoms with Crippen molar-refractivity contribution in [2.45, 2.75) is 20.4 Å². The molecule has 0 unspecified atom stereocenters. The van der Waals surface area contributed by atoms with Crippen molar-refractivity contribution >= 4 is 16.7 Å². The minimum Gasteiger partial charge on any atom is -0.496 e. The van der Waals surface area contributed by atoms with Crippen LogP contribution in [0.25, 0.3) is 10.9 Å². The molecule has 0 bridgehead atoms. The Labute approximate surface area is 116 Å². The van der Waals surface area contributed by atoms with Crippen molar-refractivity contribution in [3.05, 3.63) is 34.1 Å². The van der Waals surface area contributed by atoms with Gasteiger partial charge in [-0.25, -0.2) is 0 Å². The second-order valence-corrected chi connectivity index (χ2v) is 4.63. The van der Waals surface area contributed by atoms with E-state index in [2.05, 4.69) is 0 Å². The Morgan fingerprint density at radius 2 is 1.80 bits per heavy atom. The van der Waals surface area contributed by atoms with Crippen molar-refractivity contribution in [1.82, 2.24) is 4.57 Å². The van der Waals surface area contributed by atoms with E-state index in [9.17, 15) is 9.59 Å². The number of pyridine rings is 1. The van der Waals surface area contributed by atoms with E-state index in [-0.39, 0.29) is 17.8 Å². The van der Waals surface area contributed by atoms with Gasteiger partial charge in [0, 0.05) is 11.8 Å². The number of hydrogen-bond acceptors (Lipinski definition) is 4. The number of benzene rings is 1. The number of rotatable bonds is 4. The average molecular weight is 275 g/mol. The van der Waals surface area contributed by atoms with Crippen LogP contribution in [0.1, 0.15) is 12.6 Å². The summed E-state index contributed by atoms with van der Waals surface area (Å²) in [6.45, 7) is 3.49. The highest BCUT2D eigenvalue weighted by atomic mass is 16.5. The summed E-state index contributed by atoms with van der Waals surface area (Å²) >= 11 is 0. The van der Waals surface area contributed by atoms with Gasteiger partial charge in [-0.3, -0.25) is 9.59 Å². The van der Waals surface area contributed by atoms with Crippen LogP contribution in [0.2, 0.25) is 0 Å². The van der Waals surface area contributed by atoms with Crippen LogP contribution in [0, 0.1) is 6.92 Å². The maximum absolute atomic E-state index is 12.3. The zero-order valence-corrected chi connectivity index (χ0v) is 12.0. The van der Waals surface area contributed by atoms with Crippen LogP contribution in [0.5, 0.6) is 11.5 Å². The van der Waals surface area contributed by atoms with Gasteiger partial charge in [0.05, 0.1) is 31.7 Å². The molecule has 0 spiro atoms. The Hall–Kier alpha value is -2.30. The van der Waals surface area contributed by atoms with Crippen LogP contribution in [-0.2, 0) is 11.3 Å². The van der Waals surface area contributed by atoms with E-state index < -0.39 is 0 Å². The number of carbonyl (C=O) groups is 1. The molecular weight excluding hydrogens is 258 g/mol. The molecule has 106 valence electrons. The number of ketones is 1. The van der Waals surface area contributed by atoms with Crippen molar-refractivity contribution in [2.24, 2.45) is 0 Å². The zero-order chi connectivity index (χ0) is 14.9. The quantitative estimate of drug-likeness (QED) is 0.855. The molecule has 0 N–H and O–H groups in total. The molecule has 0 aliphatic carbocycles. The number of fused-ring (bicyclic) bond motifs is 1. The molecule has 0 fully saturated rings. The maximum Gasteiger partial charge on any atom is 0.193 e. The van der Waals surface area contributed by atoms with Crippen molar-refractivity contribution < 1.29 is 14.3 Å². The van der Waals surface area contributed by atoms with Crippen molar-refractivity contribution in [3.8, 4) is 11.5 Å². The van der Waals surface area contributed by atoms with Gasteiger partial charge < -0.3 is 14.0 Å². The zero-order valence-electron chi connectivity index (χ0n) is 12.0. The van der Waals surface area contributed by atoms with Crippen LogP contribution in [0.15, 0.2) is 23.0 Å². The van der Waals surface area contributed by atoms with Crippen molar-refractivity contribution in [1.29, 1.82) is 0 Å². The van der Waals surface area contributed by atoms with Crippen LogP contribution in [0.3, 0.4) is 0 Å². The third-order valence-corrected chi connectivity index (χ3v) is 3.21. The molecule has 0 amide bonds. The molecule has 0 atom stereocenters. The molecule has 1 aromatic heterocycles. The number of ether oxygens (including phenoxy) is 2. The Bertz CT molecular complexity index is 731. The smallest absolute Gasteiger partial charge is 0.193 e. The summed E-state index contributed by atoms with van der Waals surface area (Å²) in [5, 5.41) is 0.429. The average Bonchev–Trinajstić information content (AvgIpc) is 2.41. The first-order valence-corrected chi connectivity index (χ1v) is 6.24. The van der Waals surface area contributed by atoms with E-state index in [1.807, 2.05) is 0 Å². The Kier molecular flexibility index (Phi) is 3.79. The number of aryl methyl sites for hydroxylation is 1. The summed E-state index contributed by atoms with van der Waals surface area (Å²) in [5.74, 6) is 1.02. The molecule has 5 nitrogen and oxygen atoms in total. The Morgan fingerprint density at radius 1 is 1.20 bits per heavy atom. The lowest BCUT2D eigenvalue weighted by Gasteiger charge is -2.17. The van der Waals surface area contributed by atoms with E-state index >= 15 is 0 Å². The van der Waals surface area contributed by atoms with E-state index in [1.54, 1.807) is 23.6 Å². The van der Waals surface area contributed by atoms with Crippen LogP contribution in [-0.4, -0.2) is 24.6 Å². The summed E-state index contributed by atoms with van der Waals surface area (Å²) < 4.78 is 12.4. The van der Waals surface area contributed by atoms with Crippen LogP contribution < -0.4 is 14.9 Å². The molecule has 1 aromatic carbocycles. The Morgan fingerprint density at radius 3 is 2.35 bits per heavy atom. The van der Waals surface area contributed by atoms with Gasteiger partial charge in [0.1, 0.15) is 17.3 Å². The fourth-order valence-electron chi connectivity index (χ4n) is 2.34. The summed E-state index contributed by atoms with van der Waals surface area (Å²) in [6.07, 6.45) is 0. The van der Waals surface area contributed by atoms with Gasteiger partial charge in [0.2, 0.25) is 0 Å². The molecule has 2 rings (SSSR count). The van der Waals surface area contributed by atoms with E-state index in [0.717, 1.165) is 0 Å². The summed E-state index contributed by atoms with van der Waals surface area (Å²) in [4.78, 5) is 23.7. The first-order valence-electron chi connectivity index (χ1n) is 6.24. The summed E-state index contributed by atoms with van der Waals surface area (Å²) in [5.41, 5.74) is 1.16. The molecule has 0 radical (unpaired) electrons. The lowest BCUT2D eigenvalue weighted by Crippen LogP contribution is -2.17. The number of nitrogens with zero attached hydrogens (tertiary/aromatic N) is 1. The lowest BCUT2D eigenvalue weighted by molar-refractivity contribution is -0.117. The molecule has 0 saturated carbocycles. The number of Topliss-reactive ketones (excluding diaryl/α,β-unsaturated/α-hetero) is 1. The minimum absolute atomic E-state index is 0.00271. The van der Waals surface area contributed by atoms with Gasteiger partial charge in [0.25, 0.3) is 0 Å². The van der Waals surface area contributed by atoms with Crippen LogP contribution in [0.4, 0.5) is 0 Å². The normalized spacial score (nSPS) is 10.6. The molecule has 0 saturated heterocycles. The van der Waals surface area contributed by atoms with Crippen molar-refractivity contribution in [2.75, 3.05) is 14.2 Å². The molecule has 5 heteroatoms. The fourth-order valence-corrected chi connectivity index (χ4v) is 2.34. The van der Waals surface area contributed by atoms with Gasteiger partial charge >= 0.3 is 0 Å². The molecule has 2 aromatic rings. The first kappa shape index (κ1) is 14.1. The second-order valence-electron chi connectivity index (χ2n) is 4.63. The van der Waals surface area contributed by atoms with Crippen LogP contribution >= 0.6 is 0 Å². The predicted octanol–water partition coefficient (Wildman–Crippen LogP) is 1.92. The minimum atomic E-state index is -0.145. The molecule has 20 heavy (non-hydrogen) atoms. The summed E-state index contributed by atoms with van der Waals surface area (Å²) in [6, 6.07) is 4.93. The molecular formula is C15H17NO4. The Balaban J connectivity index is 2.97. The van der Waals surface area contributed by atoms with Gasteiger partial charge in [0.15, 0.2) is 5.43 Å². The topological polar surface area (TPSA) is 57.5 Å². The second kappa shape index (κ2) is 5.36. The van der Waals surface area contributed by atoms with Crippen molar-refractivity contribution in [3.63, 3.8) is 0 Å². The standard InChI is InChI=1S/C15H17NO4/c1-9-7-11(18)14-12(19-3)5-6-13(20-4)15(14)16(9)8-10(2)17/h5-7H,8H2,1-4H3. The lowest BCUT2D eigenvalue weighted by atomic mass is 10.1. The maximum atomic E-state index is 12.3. The third-order valence-electron chi connectivity index (χ3n) is 3.21. The highest BCUT2D eigenvalue weighted by molar-refractivity contribution is 5.91. The van der Waals surface area contributed by atoms with Gasteiger partial charge in [-0.2, -0.15) is 0 Å². The highest BCUT2D eigenvalue weighted by Crippen LogP contribution is 2.31. The van der Waals surface area contributed by atoms with E-state index in [4.69, 9.17) is 9.47 Å². The fraction of sp³-hybridized carbons (Fsp3) is 0.333. The molecule has 1 heterocycles. The van der Waals surface area contributed by atoms with E-state index in [1.165, 1.54) is 27.2 Å². The van der Waals surface area contributed by atoms with Gasteiger partial charge in [-0.05, 0) is 26.0 Å². The SMILES string of the molecule is COc1ccc(OC)c2c1c(=O)cc(C)n2CC(C)=O. The number of hydrogen-bond donors (Lipinski definition) is 0. The monoisotopic (exact) mass is 275 g/mol. The molecule has 0 aliphatic heterocycles. The summed E-state index contributed by atoms with van der Waals surface area (Å²) in [7, 11) is 3.04. The third kappa shape index (κ3) is 2.27. The number of methoxy groups -OCH3 is 2. The molecule has 0 aliphatic rings.